The molecule has 104 valence electrons. The Bertz CT molecular complexity index is 416. The molecule has 4 heteroatoms. The van der Waals surface area contributed by atoms with Gasteiger partial charge < -0.3 is 15.7 Å². The molecule has 0 aliphatic heterocycles. The van der Waals surface area contributed by atoms with Crippen LogP contribution >= 0.6 is 0 Å². The average molecular weight is 262 g/mol. The van der Waals surface area contributed by atoms with Crippen molar-refractivity contribution in [1.29, 1.82) is 0 Å². The Labute approximate surface area is 114 Å². The summed E-state index contributed by atoms with van der Waals surface area (Å²) in [5.41, 5.74) is 1.82. The molecule has 0 spiro atoms. The van der Waals surface area contributed by atoms with Crippen LogP contribution in [0.2, 0.25) is 0 Å². The summed E-state index contributed by atoms with van der Waals surface area (Å²) in [5.74, 6) is 0.815. The van der Waals surface area contributed by atoms with Crippen LogP contribution in [-0.4, -0.2) is 17.7 Å². The minimum absolute atomic E-state index is 0.00114. The van der Waals surface area contributed by atoms with E-state index in [-0.39, 0.29) is 12.6 Å². The number of rotatable bonds is 6. The lowest BCUT2D eigenvalue weighted by Crippen LogP contribution is -2.36. The molecule has 0 saturated heterocycles. The molecule has 2 rings (SSSR count). The van der Waals surface area contributed by atoms with Gasteiger partial charge in [0.15, 0.2) is 0 Å². The van der Waals surface area contributed by atoms with Gasteiger partial charge in [0, 0.05) is 13.1 Å². The molecule has 2 amide bonds. The number of hydrogen-bond acceptors (Lipinski definition) is 2. The molecule has 1 saturated carbocycles. The molecule has 0 atom stereocenters. The van der Waals surface area contributed by atoms with Crippen molar-refractivity contribution in [1.82, 2.24) is 10.6 Å². The van der Waals surface area contributed by atoms with Crippen molar-refractivity contribution in [3.8, 4) is 0 Å². The van der Waals surface area contributed by atoms with E-state index < -0.39 is 0 Å². The molecule has 1 aliphatic rings. The molecule has 1 aromatic rings. The summed E-state index contributed by atoms with van der Waals surface area (Å²) in [7, 11) is 0. The van der Waals surface area contributed by atoms with Crippen molar-refractivity contribution in [3.05, 3.63) is 35.4 Å². The lowest BCUT2D eigenvalue weighted by atomic mass is 9.83. The van der Waals surface area contributed by atoms with Gasteiger partial charge in [0.05, 0.1) is 6.61 Å². The fourth-order valence-corrected chi connectivity index (χ4v) is 2.29. The number of carbonyl (C=O) groups excluding carboxylic acids is 1. The molecule has 1 fully saturated rings. The van der Waals surface area contributed by atoms with Crippen LogP contribution < -0.4 is 10.6 Å². The Balaban J connectivity index is 1.67. The van der Waals surface area contributed by atoms with Crippen LogP contribution in [0.15, 0.2) is 24.3 Å². The van der Waals surface area contributed by atoms with Crippen LogP contribution in [0.5, 0.6) is 0 Å². The molecule has 1 aromatic carbocycles. The number of hydrogen-bond donors (Lipinski definition) is 3. The molecule has 3 N–H and O–H groups in total. The molecular formula is C15H22N2O2. The van der Waals surface area contributed by atoms with Crippen molar-refractivity contribution >= 4 is 6.03 Å². The predicted molar refractivity (Wildman–Crippen MR) is 74.6 cm³/mol. The summed E-state index contributed by atoms with van der Waals surface area (Å²) in [6.07, 6.45) is 5.05. The molecule has 0 bridgehead atoms. The van der Waals surface area contributed by atoms with Crippen LogP contribution in [-0.2, 0) is 13.2 Å². The van der Waals surface area contributed by atoms with Crippen molar-refractivity contribution in [2.75, 3.05) is 6.54 Å². The summed E-state index contributed by atoms with van der Waals surface area (Å²) in [6, 6.07) is 7.44. The first-order chi connectivity index (χ1) is 9.29. The Morgan fingerprint density at radius 2 is 1.95 bits per heavy atom. The number of aliphatic hydroxyl groups is 1. The van der Waals surface area contributed by atoms with Crippen LogP contribution in [0.1, 0.15) is 36.8 Å². The van der Waals surface area contributed by atoms with Gasteiger partial charge in [-0.3, -0.25) is 0 Å². The summed E-state index contributed by atoms with van der Waals surface area (Å²) in [6.45, 7) is 1.20. The number of carbonyl (C=O) groups is 1. The van der Waals surface area contributed by atoms with Gasteiger partial charge in [-0.15, -0.1) is 0 Å². The largest absolute Gasteiger partial charge is 0.392 e. The zero-order chi connectivity index (χ0) is 13.5. The van der Waals surface area contributed by atoms with Gasteiger partial charge in [-0.1, -0.05) is 43.5 Å². The maximum Gasteiger partial charge on any atom is 0.315 e. The number of aliphatic hydroxyl groups excluding tert-OH is 1. The van der Waals surface area contributed by atoms with E-state index in [9.17, 15) is 9.90 Å². The van der Waals surface area contributed by atoms with Crippen LogP contribution in [0, 0.1) is 5.92 Å². The zero-order valence-corrected chi connectivity index (χ0v) is 11.2. The molecule has 0 radical (unpaired) electrons. The molecule has 0 unspecified atom stereocenters. The van der Waals surface area contributed by atoms with E-state index in [1.165, 1.54) is 19.3 Å². The van der Waals surface area contributed by atoms with E-state index in [1.54, 1.807) is 0 Å². The van der Waals surface area contributed by atoms with Gasteiger partial charge in [0.25, 0.3) is 0 Å². The third-order valence-electron chi connectivity index (χ3n) is 3.79. The Morgan fingerprint density at radius 1 is 1.21 bits per heavy atom. The van der Waals surface area contributed by atoms with Crippen LogP contribution in [0.25, 0.3) is 0 Å². The third kappa shape index (κ3) is 4.24. The normalized spacial score (nSPS) is 14.8. The van der Waals surface area contributed by atoms with Crippen LogP contribution in [0.3, 0.4) is 0 Å². The van der Waals surface area contributed by atoms with E-state index in [1.807, 2.05) is 24.3 Å². The molecule has 19 heavy (non-hydrogen) atoms. The van der Waals surface area contributed by atoms with E-state index in [2.05, 4.69) is 10.6 Å². The highest BCUT2D eigenvalue weighted by Gasteiger charge is 2.16. The van der Waals surface area contributed by atoms with Crippen molar-refractivity contribution in [3.63, 3.8) is 0 Å². The maximum absolute atomic E-state index is 11.6. The number of benzene rings is 1. The fourth-order valence-electron chi connectivity index (χ4n) is 2.29. The molecule has 4 nitrogen and oxygen atoms in total. The second kappa shape index (κ2) is 7.14. The van der Waals surface area contributed by atoms with Gasteiger partial charge in [0.2, 0.25) is 0 Å². The average Bonchev–Trinajstić information content (AvgIpc) is 2.39. The molecule has 1 aliphatic carbocycles. The first kappa shape index (κ1) is 13.9. The van der Waals surface area contributed by atoms with Gasteiger partial charge >= 0.3 is 6.03 Å². The van der Waals surface area contributed by atoms with Crippen LogP contribution in [0.4, 0.5) is 4.79 Å². The highest BCUT2D eigenvalue weighted by atomic mass is 16.3. The minimum atomic E-state index is -0.132. The molecular weight excluding hydrogens is 240 g/mol. The highest BCUT2D eigenvalue weighted by molar-refractivity contribution is 5.73. The lowest BCUT2D eigenvalue weighted by molar-refractivity contribution is 0.236. The monoisotopic (exact) mass is 262 g/mol. The predicted octanol–water partition coefficient (Wildman–Crippen LogP) is 2.17. The topological polar surface area (TPSA) is 61.4 Å². The van der Waals surface area contributed by atoms with Gasteiger partial charge in [-0.2, -0.15) is 0 Å². The Hall–Kier alpha value is -1.55. The van der Waals surface area contributed by atoms with Crippen molar-refractivity contribution in [2.24, 2.45) is 5.92 Å². The van der Waals surface area contributed by atoms with Gasteiger partial charge in [-0.05, 0) is 23.5 Å². The second-order valence-corrected chi connectivity index (χ2v) is 5.12. The minimum Gasteiger partial charge on any atom is -0.392 e. The third-order valence-corrected chi connectivity index (χ3v) is 3.79. The standard InChI is InChI=1S/C15H22N2O2/c18-11-14-7-2-1-6-13(14)10-17-15(19)16-9-8-12-4-3-5-12/h1-2,6-7,12,18H,3-5,8-11H2,(H2,16,17,19). The Kier molecular flexibility index (Phi) is 5.21. The smallest absolute Gasteiger partial charge is 0.315 e. The van der Waals surface area contributed by atoms with Gasteiger partial charge in [0.1, 0.15) is 0 Å². The number of amides is 2. The zero-order valence-electron chi connectivity index (χ0n) is 11.2. The quantitative estimate of drug-likeness (QED) is 0.735. The summed E-state index contributed by atoms with van der Waals surface area (Å²) in [4.78, 5) is 11.6. The van der Waals surface area contributed by atoms with E-state index in [4.69, 9.17) is 0 Å². The van der Waals surface area contributed by atoms with E-state index in [0.717, 1.165) is 30.0 Å². The lowest BCUT2D eigenvalue weighted by Gasteiger charge is -2.25. The van der Waals surface area contributed by atoms with Crippen molar-refractivity contribution in [2.45, 2.75) is 38.8 Å². The number of urea groups is 1. The Morgan fingerprint density at radius 3 is 2.58 bits per heavy atom. The SMILES string of the molecule is O=C(NCCC1CCC1)NCc1ccccc1CO. The summed E-state index contributed by atoms with van der Waals surface area (Å²) >= 11 is 0. The first-order valence-electron chi connectivity index (χ1n) is 6.99. The van der Waals surface area contributed by atoms with E-state index in [0.29, 0.717) is 6.54 Å². The highest BCUT2D eigenvalue weighted by Crippen LogP contribution is 2.28. The first-order valence-corrected chi connectivity index (χ1v) is 6.99. The van der Waals surface area contributed by atoms with Gasteiger partial charge in [-0.25, -0.2) is 4.79 Å². The number of nitrogens with one attached hydrogen (secondary N) is 2. The summed E-state index contributed by atoms with van der Waals surface area (Å²) in [5, 5.41) is 14.9. The fraction of sp³-hybridized carbons (Fsp3) is 0.533. The second-order valence-electron chi connectivity index (χ2n) is 5.12. The molecule has 0 heterocycles. The summed E-state index contributed by atoms with van der Waals surface area (Å²) < 4.78 is 0. The van der Waals surface area contributed by atoms with Crippen molar-refractivity contribution < 1.29 is 9.90 Å². The maximum atomic E-state index is 11.6. The molecule has 0 aromatic heterocycles. The van der Waals surface area contributed by atoms with E-state index >= 15 is 0 Å².